The van der Waals surface area contributed by atoms with Crippen LogP contribution in [0.1, 0.15) is 30.4 Å². The van der Waals surface area contributed by atoms with Crippen molar-refractivity contribution in [2.24, 2.45) is 0 Å². The monoisotopic (exact) mass is 377 g/mol. The molecule has 1 heterocycles. The largest absolute Gasteiger partial charge is 0.435 e. The second-order valence-electron chi connectivity index (χ2n) is 6.74. The van der Waals surface area contributed by atoms with Gasteiger partial charge in [-0.25, -0.2) is 4.39 Å². The highest BCUT2D eigenvalue weighted by Gasteiger charge is 2.28. The lowest BCUT2D eigenvalue weighted by atomic mass is 10.0. The van der Waals surface area contributed by atoms with Gasteiger partial charge in [0, 0.05) is 19.0 Å². The Morgan fingerprint density at radius 3 is 2.63 bits per heavy atom. The minimum atomic E-state index is -2.84. The highest BCUT2D eigenvalue weighted by Crippen LogP contribution is 2.23. The number of ether oxygens (including phenoxy) is 1. The summed E-state index contributed by atoms with van der Waals surface area (Å²) in [4.78, 5) is 14.5. The first kappa shape index (κ1) is 19.3. The van der Waals surface area contributed by atoms with E-state index in [4.69, 9.17) is 0 Å². The summed E-state index contributed by atoms with van der Waals surface area (Å²) in [5, 5.41) is 0. The highest BCUT2D eigenvalue weighted by atomic mass is 19.3. The number of carbonyl (C=O) groups is 1. The maximum absolute atomic E-state index is 13.4. The molecule has 0 N–H and O–H groups in total. The molecule has 0 spiro atoms. The number of carbonyl (C=O) groups excluding carboxylic acids is 1. The van der Waals surface area contributed by atoms with Gasteiger partial charge in [-0.05, 0) is 61.1 Å². The molecule has 27 heavy (non-hydrogen) atoms. The maximum atomic E-state index is 13.4. The van der Waals surface area contributed by atoms with Crippen molar-refractivity contribution >= 4 is 5.91 Å². The van der Waals surface area contributed by atoms with Crippen LogP contribution in [0.4, 0.5) is 13.2 Å². The highest BCUT2D eigenvalue weighted by molar-refractivity contribution is 5.77. The lowest BCUT2D eigenvalue weighted by Gasteiger charge is -2.25. The molecular formula is C21H22F3NO2. The Balaban J connectivity index is 1.53. The molecule has 1 amide bonds. The first-order valence-corrected chi connectivity index (χ1v) is 9.09. The van der Waals surface area contributed by atoms with Gasteiger partial charge in [0.1, 0.15) is 11.6 Å². The maximum Gasteiger partial charge on any atom is 0.387 e. The summed E-state index contributed by atoms with van der Waals surface area (Å²) in [6.07, 6.45) is 3.42. The van der Waals surface area contributed by atoms with E-state index < -0.39 is 6.61 Å². The van der Waals surface area contributed by atoms with Crippen LogP contribution in [0.3, 0.4) is 0 Å². The number of nitrogens with zero attached hydrogens (tertiary/aromatic N) is 1. The fraction of sp³-hybridized carbons (Fsp3) is 0.381. The number of rotatable bonds is 7. The van der Waals surface area contributed by atoms with Crippen molar-refractivity contribution in [3.8, 4) is 5.75 Å². The smallest absolute Gasteiger partial charge is 0.387 e. The van der Waals surface area contributed by atoms with Crippen molar-refractivity contribution in [2.45, 2.75) is 44.8 Å². The van der Waals surface area contributed by atoms with E-state index in [0.717, 1.165) is 30.5 Å². The van der Waals surface area contributed by atoms with E-state index in [0.29, 0.717) is 19.3 Å². The molecule has 0 bridgehead atoms. The molecule has 6 heteroatoms. The second-order valence-corrected chi connectivity index (χ2v) is 6.74. The molecule has 1 saturated heterocycles. The lowest BCUT2D eigenvalue weighted by molar-refractivity contribution is -0.131. The molecule has 1 aliphatic heterocycles. The molecule has 1 atom stereocenters. The fourth-order valence-corrected chi connectivity index (χ4v) is 3.54. The third-order valence-electron chi connectivity index (χ3n) is 4.83. The van der Waals surface area contributed by atoms with E-state index in [2.05, 4.69) is 4.74 Å². The van der Waals surface area contributed by atoms with Crippen molar-refractivity contribution in [3.63, 3.8) is 0 Å². The molecular weight excluding hydrogens is 355 g/mol. The van der Waals surface area contributed by atoms with Crippen LogP contribution in [-0.2, 0) is 17.6 Å². The Bertz CT molecular complexity index is 764. The molecule has 0 aromatic heterocycles. The summed E-state index contributed by atoms with van der Waals surface area (Å²) < 4.78 is 42.0. The predicted octanol–water partition coefficient (Wildman–Crippen LogP) is 4.59. The van der Waals surface area contributed by atoms with E-state index in [1.165, 1.54) is 24.3 Å². The average molecular weight is 377 g/mol. The lowest BCUT2D eigenvalue weighted by Crippen LogP contribution is -2.36. The van der Waals surface area contributed by atoms with Crippen molar-refractivity contribution in [2.75, 3.05) is 6.54 Å². The molecule has 0 saturated carbocycles. The van der Waals surface area contributed by atoms with E-state index in [-0.39, 0.29) is 23.5 Å². The number of amides is 1. The Morgan fingerprint density at radius 2 is 1.93 bits per heavy atom. The topological polar surface area (TPSA) is 29.5 Å². The fourth-order valence-electron chi connectivity index (χ4n) is 3.54. The van der Waals surface area contributed by atoms with Gasteiger partial charge in [-0.3, -0.25) is 4.79 Å². The molecule has 2 aromatic rings. The quantitative estimate of drug-likeness (QED) is 0.706. The standard InChI is InChI=1S/C21H22F3NO2/c22-17-4-1-3-16(13-17)14-18-5-2-12-25(18)20(26)11-8-15-6-9-19(10-7-15)27-21(23)24/h1,3-4,6-7,9-10,13,18,21H,2,5,8,11-12,14H2. The molecule has 3 rings (SSSR count). The Hall–Kier alpha value is -2.50. The molecule has 3 nitrogen and oxygen atoms in total. The van der Waals surface area contributed by atoms with Gasteiger partial charge in [0.25, 0.3) is 0 Å². The molecule has 144 valence electrons. The van der Waals surface area contributed by atoms with Crippen LogP contribution < -0.4 is 4.74 Å². The third kappa shape index (κ3) is 5.49. The molecule has 0 aliphatic carbocycles. The molecule has 1 fully saturated rings. The second kappa shape index (κ2) is 8.93. The zero-order chi connectivity index (χ0) is 19.2. The number of alkyl halides is 2. The number of halogens is 3. The van der Waals surface area contributed by atoms with Crippen LogP contribution >= 0.6 is 0 Å². The van der Waals surface area contributed by atoms with Gasteiger partial charge >= 0.3 is 6.61 Å². The molecule has 2 aromatic carbocycles. The Morgan fingerprint density at radius 1 is 1.15 bits per heavy atom. The number of benzene rings is 2. The van der Waals surface area contributed by atoms with Crippen LogP contribution in [0, 0.1) is 5.82 Å². The van der Waals surface area contributed by atoms with Crippen molar-refractivity contribution in [1.29, 1.82) is 0 Å². The van der Waals surface area contributed by atoms with Gasteiger partial charge in [-0.2, -0.15) is 8.78 Å². The van der Waals surface area contributed by atoms with Crippen LogP contribution in [-0.4, -0.2) is 30.0 Å². The van der Waals surface area contributed by atoms with Gasteiger partial charge in [-0.15, -0.1) is 0 Å². The van der Waals surface area contributed by atoms with Crippen molar-refractivity contribution in [1.82, 2.24) is 4.90 Å². The van der Waals surface area contributed by atoms with Crippen molar-refractivity contribution < 1.29 is 22.7 Å². The number of likely N-dealkylation sites (tertiary alicyclic amines) is 1. The zero-order valence-electron chi connectivity index (χ0n) is 14.9. The summed E-state index contributed by atoms with van der Waals surface area (Å²) in [6.45, 7) is -2.12. The van der Waals surface area contributed by atoms with Gasteiger partial charge < -0.3 is 9.64 Å². The minimum Gasteiger partial charge on any atom is -0.435 e. The number of hydrogen-bond donors (Lipinski definition) is 0. The zero-order valence-corrected chi connectivity index (χ0v) is 14.9. The van der Waals surface area contributed by atoms with Gasteiger partial charge in [-0.1, -0.05) is 24.3 Å². The summed E-state index contributed by atoms with van der Waals surface area (Å²) in [7, 11) is 0. The summed E-state index contributed by atoms with van der Waals surface area (Å²) in [6, 6.07) is 12.9. The Labute approximate surface area is 156 Å². The Kier molecular flexibility index (Phi) is 6.37. The summed E-state index contributed by atoms with van der Waals surface area (Å²) in [5.41, 5.74) is 1.79. The molecule has 1 unspecified atom stereocenters. The number of aryl methyl sites for hydroxylation is 1. The van der Waals surface area contributed by atoms with E-state index in [1.807, 2.05) is 11.0 Å². The van der Waals surface area contributed by atoms with Gasteiger partial charge in [0.05, 0.1) is 0 Å². The minimum absolute atomic E-state index is 0.0711. The first-order valence-electron chi connectivity index (χ1n) is 9.09. The van der Waals surface area contributed by atoms with Crippen LogP contribution in [0.15, 0.2) is 48.5 Å². The molecule has 1 aliphatic rings. The van der Waals surface area contributed by atoms with Crippen LogP contribution in [0.5, 0.6) is 5.75 Å². The third-order valence-corrected chi connectivity index (χ3v) is 4.83. The van der Waals surface area contributed by atoms with E-state index in [1.54, 1.807) is 18.2 Å². The van der Waals surface area contributed by atoms with E-state index in [9.17, 15) is 18.0 Å². The molecule has 0 radical (unpaired) electrons. The number of hydrogen-bond acceptors (Lipinski definition) is 2. The van der Waals surface area contributed by atoms with Gasteiger partial charge in [0.2, 0.25) is 5.91 Å². The summed E-state index contributed by atoms with van der Waals surface area (Å²) >= 11 is 0. The van der Waals surface area contributed by atoms with Gasteiger partial charge in [0.15, 0.2) is 0 Å². The normalized spacial score (nSPS) is 16.7. The predicted molar refractivity (Wildman–Crippen MR) is 96.2 cm³/mol. The average Bonchev–Trinajstić information content (AvgIpc) is 3.08. The first-order chi connectivity index (χ1) is 13.0. The van der Waals surface area contributed by atoms with Crippen LogP contribution in [0.25, 0.3) is 0 Å². The van der Waals surface area contributed by atoms with Crippen LogP contribution in [0.2, 0.25) is 0 Å². The van der Waals surface area contributed by atoms with E-state index >= 15 is 0 Å². The summed E-state index contributed by atoms with van der Waals surface area (Å²) in [5.74, 6) is -0.0840. The van der Waals surface area contributed by atoms with Crippen molar-refractivity contribution in [3.05, 3.63) is 65.5 Å². The SMILES string of the molecule is O=C(CCc1ccc(OC(F)F)cc1)N1CCCC1Cc1cccc(F)c1.